The van der Waals surface area contributed by atoms with Crippen LogP contribution >= 0.6 is 0 Å². The number of likely N-dealkylation sites (tertiary alicyclic amines) is 1. The summed E-state index contributed by atoms with van der Waals surface area (Å²) in [6.07, 6.45) is 0.774. The average molecular weight is 411 g/mol. The van der Waals surface area contributed by atoms with E-state index in [9.17, 15) is 14.4 Å². The summed E-state index contributed by atoms with van der Waals surface area (Å²) in [6.45, 7) is 2.31. The lowest BCUT2D eigenvalue weighted by Crippen LogP contribution is -2.29. The van der Waals surface area contributed by atoms with Crippen LogP contribution in [0, 0.1) is 5.92 Å². The maximum Gasteiger partial charge on any atom is 0.316 e. The normalized spacial score (nSPS) is 15.8. The molecule has 0 unspecified atom stereocenters. The molecule has 0 aromatic heterocycles. The molecule has 1 heterocycles. The van der Waals surface area contributed by atoms with Gasteiger partial charge in [0.2, 0.25) is 5.91 Å². The van der Waals surface area contributed by atoms with E-state index >= 15 is 0 Å². The monoisotopic (exact) mass is 411 g/mol. The first kappa shape index (κ1) is 21.4. The van der Waals surface area contributed by atoms with Gasteiger partial charge >= 0.3 is 5.97 Å². The number of ether oxygens (including phenoxy) is 3. The van der Waals surface area contributed by atoms with E-state index in [1.165, 1.54) is 6.92 Å². The van der Waals surface area contributed by atoms with Gasteiger partial charge in [0, 0.05) is 25.1 Å². The molecule has 1 atom stereocenters. The first-order valence-corrected chi connectivity index (χ1v) is 9.72. The summed E-state index contributed by atoms with van der Waals surface area (Å²) < 4.78 is 15.9. The zero-order valence-corrected chi connectivity index (χ0v) is 17.3. The van der Waals surface area contributed by atoms with Crippen molar-refractivity contribution in [2.75, 3.05) is 27.3 Å². The Bertz CT molecular complexity index is 937. The van der Waals surface area contributed by atoms with Gasteiger partial charge in [-0.2, -0.15) is 0 Å². The van der Waals surface area contributed by atoms with E-state index in [1.54, 1.807) is 43.4 Å². The maximum absolute atomic E-state index is 12.5. The Hall–Kier alpha value is -3.35. The van der Waals surface area contributed by atoms with Crippen LogP contribution in [0.15, 0.2) is 42.5 Å². The van der Waals surface area contributed by atoms with Crippen LogP contribution in [0.2, 0.25) is 0 Å². The van der Waals surface area contributed by atoms with Gasteiger partial charge in [-0.3, -0.25) is 14.4 Å². The lowest BCUT2D eigenvalue weighted by molar-refractivity contribution is -0.139. The number of carbonyl (C=O) groups is 3. The van der Waals surface area contributed by atoms with Crippen molar-refractivity contribution in [3.8, 4) is 17.2 Å². The number of hydrogen-bond acceptors (Lipinski definition) is 6. The van der Waals surface area contributed by atoms with E-state index in [-0.39, 0.29) is 18.1 Å². The Balaban J connectivity index is 1.55. The number of benzene rings is 2. The molecule has 7 nitrogen and oxygen atoms in total. The summed E-state index contributed by atoms with van der Waals surface area (Å²) in [4.78, 5) is 37.8. The van der Waals surface area contributed by atoms with Crippen LogP contribution < -0.4 is 14.2 Å². The third-order valence-corrected chi connectivity index (χ3v) is 5.15. The fourth-order valence-corrected chi connectivity index (χ4v) is 3.40. The van der Waals surface area contributed by atoms with Crippen LogP contribution in [0.5, 0.6) is 17.2 Å². The number of hydrogen-bond donors (Lipinski definition) is 0. The summed E-state index contributed by atoms with van der Waals surface area (Å²) in [5.41, 5.74) is 1.56. The Morgan fingerprint density at radius 3 is 2.37 bits per heavy atom. The number of ketones is 1. The summed E-state index contributed by atoms with van der Waals surface area (Å²) in [6, 6.07) is 12.0. The molecule has 0 N–H and O–H groups in total. The molecule has 2 aromatic rings. The topological polar surface area (TPSA) is 82.1 Å². The molecule has 0 bridgehead atoms. The molecular formula is C23H25NO6. The van der Waals surface area contributed by atoms with Gasteiger partial charge in [-0.15, -0.1) is 0 Å². The van der Waals surface area contributed by atoms with Crippen molar-refractivity contribution in [1.82, 2.24) is 4.90 Å². The van der Waals surface area contributed by atoms with Crippen molar-refractivity contribution in [2.45, 2.75) is 19.8 Å². The number of Topliss-reactive ketones (excluding diaryl/α,β-unsaturated/α-hetero) is 1. The Morgan fingerprint density at radius 1 is 1.03 bits per heavy atom. The number of esters is 1. The molecule has 30 heavy (non-hydrogen) atoms. The van der Waals surface area contributed by atoms with Crippen LogP contribution in [0.1, 0.15) is 29.3 Å². The van der Waals surface area contributed by atoms with E-state index in [1.807, 2.05) is 18.2 Å². The molecule has 0 spiro atoms. The van der Waals surface area contributed by atoms with Gasteiger partial charge in [-0.1, -0.05) is 6.07 Å². The van der Waals surface area contributed by atoms with Crippen molar-refractivity contribution in [1.29, 1.82) is 0 Å². The van der Waals surface area contributed by atoms with Gasteiger partial charge in [-0.25, -0.2) is 0 Å². The standard InChI is InChI=1S/C23H25NO6/c1-15(25)17-5-7-19(8-6-17)30-23(27)18-13-22(26)24(14-18)11-10-16-4-9-20(28-2)21(12-16)29-3/h4-9,12,18H,10-11,13-14H2,1-3H3/t18-/m0/s1. The highest BCUT2D eigenvalue weighted by Gasteiger charge is 2.35. The fraction of sp³-hybridized carbons (Fsp3) is 0.348. The van der Waals surface area contributed by atoms with E-state index in [4.69, 9.17) is 14.2 Å². The van der Waals surface area contributed by atoms with Crippen molar-refractivity contribution in [3.63, 3.8) is 0 Å². The maximum atomic E-state index is 12.5. The predicted octanol–water partition coefficient (Wildman–Crippen LogP) is 2.90. The van der Waals surface area contributed by atoms with Crippen molar-refractivity contribution >= 4 is 17.7 Å². The molecule has 0 radical (unpaired) electrons. The molecule has 1 aliphatic heterocycles. The van der Waals surface area contributed by atoms with Gasteiger partial charge < -0.3 is 19.1 Å². The van der Waals surface area contributed by atoms with Crippen LogP contribution in [0.25, 0.3) is 0 Å². The van der Waals surface area contributed by atoms with Gasteiger partial charge in [0.1, 0.15) is 5.75 Å². The number of amides is 1. The molecule has 1 amide bonds. The zero-order chi connectivity index (χ0) is 21.7. The first-order chi connectivity index (χ1) is 14.4. The van der Waals surface area contributed by atoms with E-state index in [0.717, 1.165) is 5.56 Å². The minimum absolute atomic E-state index is 0.0561. The Kier molecular flexibility index (Phi) is 6.72. The third-order valence-electron chi connectivity index (χ3n) is 5.15. The molecule has 3 rings (SSSR count). The highest BCUT2D eigenvalue weighted by Crippen LogP contribution is 2.28. The molecule has 7 heteroatoms. The van der Waals surface area contributed by atoms with Crippen LogP contribution in [0.3, 0.4) is 0 Å². The van der Waals surface area contributed by atoms with Gasteiger partial charge in [0.05, 0.1) is 20.1 Å². The van der Waals surface area contributed by atoms with Gasteiger partial charge in [0.15, 0.2) is 17.3 Å². The van der Waals surface area contributed by atoms with Gasteiger partial charge in [0.25, 0.3) is 0 Å². The first-order valence-electron chi connectivity index (χ1n) is 9.72. The predicted molar refractivity (Wildman–Crippen MR) is 110 cm³/mol. The second-order valence-electron chi connectivity index (χ2n) is 7.18. The molecule has 1 saturated heterocycles. The molecule has 1 fully saturated rings. The molecule has 158 valence electrons. The van der Waals surface area contributed by atoms with Crippen LogP contribution in [-0.4, -0.2) is 49.9 Å². The quantitative estimate of drug-likeness (QED) is 0.377. The highest BCUT2D eigenvalue weighted by molar-refractivity contribution is 5.94. The Labute approximate surface area is 175 Å². The average Bonchev–Trinajstić information content (AvgIpc) is 3.13. The van der Waals surface area contributed by atoms with Crippen molar-refractivity contribution in [3.05, 3.63) is 53.6 Å². The summed E-state index contributed by atoms with van der Waals surface area (Å²) in [5, 5.41) is 0. The lowest BCUT2D eigenvalue weighted by atomic mass is 10.1. The highest BCUT2D eigenvalue weighted by atomic mass is 16.5. The van der Waals surface area contributed by atoms with Crippen molar-refractivity contribution < 1.29 is 28.6 Å². The van der Waals surface area contributed by atoms with E-state index < -0.39 is 11.9 Å². The minimum atomic E-state index is -0.504. The summed E-state index contributed by atoms with van der Waals surface area (Å²) >= 11 is 0. The molecule has 0 aliphatic carbocycles. The second kappa shape index (κ2) is 9.43. The van der Waals surface area contributed by atoms with Gasteiger partial charge in [-0.05, 0) is 55.3 Å². The molecular weight excluding hydrogens is 386 g/mol. The van der Waals surface area contributed by atoms with Crippen molar-refractivity contribution in [2.24, 2.45) is 5.92 Å². The fourth-order valence-electron chi connectivity index (χ4n) is 3.40. The third kappa shape index (κ3) is 4.97. The zero-order valence-electron chi connectivity index (χ0n) is 17.3. The number of rotatable bonds is 8. The minimum Gasteiger partial charge on any atom is -0.493 e. The smallest absolute Gasteiger partial charge is 0.316 e. The Morgan fingerprint density at radius 2 is 1.73 bits per heavy atom. The summed E-state index contributed by atoms with van der Waals surface area (Å²) in [5.74, 6) is 0.588. The van der Waals surface area contributed by atoms with Crippen LogP contribution in [-0.2, 0) is 16.0 Å². The largest absolute Gasteiger partial charge is 0.493 e. The number of methoxy groups -OCH3 is 2. The SMILES string of the molecule is COc1ccc(CCN2C[C@@H](C(=O)Oc3ccc(C(C)=O)cc3)CC2=O)cc1OC. The van der Waals surface area contributed by atoms with Crippen LogP contribution in [0.4, 0.5) is 0 Å². The van der Waals surface area contributed by atoms with E-state index in [0.29, 0.717) is 42.3 Å². The van der Waals surface area contributed by atoms with E-state index in [2.05, 4.69) is 0 Å². The second-order valence-corrected chi connectivity index (χ2v) is 7.18. The lowest BCUT2D eigenvalue weighted by Gasteiger charge is -2.17. The number of nitrogens with zero attached hydrogens (tertiary/aromatic N) is 1. The molecule has 2 aromatic carbocycles. The molecule has 1 aliphatic rings. The summed E-state index contributed by atoms with van der Waals surface area (Å²) in [7, 11) is 3.16. The molecule has 0 saturated carbocycles. The number of carbonyl (C=O) groups excluding carboxylic acids is 3.